The first-order valence-corrected chi connectivity index (χ1v) is 4.22. The monoisotopic (exact) mass is 171 g/mol. The normalized spacial score (nSPS) is 22.3. The van der Waals surface area contributed by atoms with Crippen LogP contribution in [0.1, 0.15) is 13.8 Å². The standard InChI is InChI=1S/C8H17N3O/c1-6(2)10-8(7(9)12)4-11(3)5-8/h6,10H,4-5H2,1-3H3,(H2,9,12). The van der Waals surface area contributed by atoms with Crippen LogP contribution in [0.25, 0.3) is 0 Å². The van der Waals surface area contributed by atoms with E-state index in [1.54, 1.807) is 0 Å². The van der Waals surface area contributed by atoms with Gasteiger partial charge in [0, 0.05) is 19.1 Å². The second kappa shape index (κ2) is 3.03. The molecule has 12 heavy (non-hydrogen) atoms. The Morgan fingerprint density at radius 3 is 2.33 bits per heavy atom. The molecule has 0 aromatic rings. The summed E-state index contributed by atoms with van der Waals surface area (Å²) >= 11 is 0. The van der Waals surface area contributed by atoms with Crippen molar-refractivity contribution in [2.24, 2.45) is 5.73 Å². The fourth-order valence-electron chi connectivity index (χ4n) is 1.75. The van der Waals surface area contributed by atoms with Crippen LogP contribution < -0.4 is 11.1 Å². The van der Waals surface area contributed by atoms with Crippen LogP contribution in [-0.4, -0.2) is 42.5 Å². The van der Waals surface area contributed by atoms with Gasteiger partial charge < -0.3 is 10.6 Å². The zero-order valence-electron chi connectivity index (χ0n) is 7.92. The molecular weight excluding hydrogens is 154 g/mol. The predicted molar refractivity (Wildman–Crippen MR) is 47.7 cm³/mol. The summed E-state index contributed by atoms with van der Waals surface area (Å²) in [6, 6.07) is 0.297. The summed E-state index contributed by atoms with van der Waals surface area (Å²) in [5.74, 6) is -0.241. The van der Waals surface area contributed by atoms with E-state index in [0.717, 1.165) is 13.1 Å². The van der Waals surface area contributed by atoms with Crippen molar-refractivity contribution < 1.29 is 4.79 Å². The molecule has 1 aliphatic heterocycles. The molecule has 0 aliphatic carbocycles. The summed E-state index contributed by atoms with van der Waals surface area (Å²) in [5, 5.41) is 3.21. The lowest BCUT2D eigenvalue weighted by Gasteiger charge is -2.47. The number of amides is 1. The maximum absolute atomic E-state index is 11.1. The van der Waals surface area contributed by atoms with E-state index in [0.29, 0.717) is 6.04 Å². The van der Waals surface area contributed by atoms with Crippen molar-refractivity contribution in [2.75, 3.05) is 20.1 Å². The van der Waals surface area contributed by atoms with E-state index in [-0.39, 0.29) is 5.91 Å². The number of rotatable bonds is 3. The van der Waals surface area contributed by atoms with Crippen LogP contribution in [0, 0.1) is 0 Å². The lowest BCUT2D eigenvalue weighted by atomic mass is 9.89. The van der Waals surface area contributed by atoms with E-state index >= 15 is 0 Å². The summed E-state index contributed by atoms with van der Waals surface area (Å²) in [6.45, 7) is 5.48. The van der Waals surface area contributed by atoms with E-state index in [1.165, 1.54) is 0 Å². The van der Waals surface area contributed by atoms with E-state index in [4.69, 9.17) is 5.73 Å². The van der Waals surface area contributed by atoms with Gasteiger partial charge in [-0.05, 0) is 20.9 Å². The second-order valence-electron chi connectivity index (χ2n) is 3.92. The Balaban J connectivity index is 2.57. The molecule has 0 aromatic carbocycles. The molecule has 0 saturated carbocycles. The minimum Gasteiger partial charge on any atom is -0.368 e. The topological polar surface area (TPSA) is 58.4 Å². The van der Waals surface area contributed by atoms with Crippen LogP contribution in [-0.2, 0) is 4.79 Å². The highest BCUT2D eigenvalue weighted by atomic mass is 16.1. The molecule has 1 saturated heterocycles. The first-order valence-electron chi connectivity index (χ1n) is 4.22. The summed E-state index contributed by atoms with van der Waals surface area (Å²) in [6.07, 6.45) is 0. The number of likely N-dealkylation sites (tertiary alicyclic amines) is 1. The Hall–Kier alpha value is -0.610. The summed E-state index contributed by atoms with van der Waals surface area (Å²) in [5.41, 5.74) is 4.85. The predicted octanol–water partition coefficient (Wildman–Crippen LogP) is -0.846. The molecule has 1 amide bonds. The Bertz CT molecular complexity index is 185. The molecule has 3 N–H and O–H groups in total. The molecule has 0 radical (unpaired) electrons. The van der Waals surface area contributed by atoms with E-state index in [1.807, 2.05) is 20.9 Å². The maximum Gasteiger partial charge on any atom is 0.240 e. The highest BCUT2D eigenvalue weighted by Crippen LogP contribution is 2.19. The number of carbonyl (C=O) groups excluding carboxylic acids is 1. The number of hydrogen-bond donors (Lipinski definition) is 2. The second-order valence-corrected chi connectivity index (χ2v) is 3.92. The van der Waals surface area contributed by atoms with Crippen LogP contribution >= 0.6 is 0 Å². The lowest BCUT2D eigenvalue weighted by molar-refractivity contribution is -0.131. The summed E-state index contributed by atoms with van der Waals surface area (Å²) < 4.78 is 0. The highest BCUT2D eigenvalue weighted by Gasteiger charge is 2.46. The van der Waals surface area contributed by atoms with E-state index < -0.39 is 5.54 Å². The van der Waals surface area contributed by atoms with Gasteiger partial charge in [-0.25, -0.2) is 0 Å². The molecule has 1 heterocycles. The molecule has 4 heteroatoms. The van der Waals surface area contributed by atoms with Gasteiger partial charge in [0.05, 0.1) is 0 Å². The molecule has 0 bridgehead atoms. The van der Waals surface area contributed by atoms with Gasteiger partial charge in [-0.15, -0.1) is 0 Å². The number of carbonyl (C=O) groups is 1. The van der Waals surface area contributed by atoms with Crippen molar-refractivity contribution in [1.29, 1.82) is 0 Å². The SMILES string of the molecule is CC(C)NC1(C(N)=O)CN(C)C1. The van der Waals surface area contributed by atoms with Crippen molar-refractivity contribution in [1.82, 2.24) is 10.2 Å². The molecule has 0 spiro atoms. The van der Waals surface area contributed by atoms with Crippen LogP contribution in [0.5, 0.6) is 0 Å². The highest BCUT2D eigenvalue weighted by molar-refractivity contribution is 5.86. The Kier molecular flexibility index (Phi) is 2.39. The molecule has 4 nitrogen and oxygen atoms in total. The summed E-state index contributed by atoms with van der Waals surface area (Å²) in [7, 11) is 1.98. The van der Waals surface area contributed by atoms with Gasteiger partial charge in [0.1, 0.15) is 5.54 Å². The van der Waals surface area contributed by atoms with Gasteiger partial charge in [-0.2, -0.15) is 0 Å². The first-order chi connectivity index (χ1) is 5.46. The largest absolute Gasteiger partial charge is 0.368 e. The molecule has 1 aliphatic rings. The van der Waals surface area contributed by atoms with Crippen LogP contribution in [0.15, 0.2) is 0 Å². The molecule has 0 aromatic heterocycles. The minimum atomic E-state index is -0.469. The van der Waals surface area contributed by atoms with Crippen molar-refractivity contribution >= 4 is 5.91 Å². The Labute approximate surface area is 73.1 Å². The van der Waals surface area contributed by atoms with Crippen molar-refractivity contribution in [3.8, 4) is 0 Å². The molecule has 1 fully saturated rings. The average Bonchev–Trinajstić information content (AvgIpc) is 1.81. The molecule has 70 valence electrons. The third-order valence-corrected chi connectivity index (χ3v) is 2.12. The number of primary amides is 1. The number of nitrogens with two attached hydrogens (primary N) is 1. The van der Waals surface area contributed by atoms with E-state index in [2.05, 4.69) is 10.2 Å². The van der Waals surface area contributed by atoms with Crippen molar-refractivity contribution in [3.05, 3.63) is 0 Å². The zero-order valence-corrected chi connectivity index (χ0v) is 7.92. The third kappa shape index (κ3) is 1.59. The van der Waals surface area contributed by atoms with Gasteiger partial charge in [0.15, 0.2) is 0 Å². The van der Waals surface area contributed by atoms with Crippen LogP contribution in [0.3, 0.4) is 0 Å². The summed E-state index contributed by atoms with van der Waals surface area (Å²) in [4.78, 5) is 13.2. The maximum atomic E-state index is 11.1. The van der Waals surface area contributed by atoms with Gasteiger partial charge in [0.2, 0.25) is 5.91 Å². The van der Waals surface area contributed by atoms with Gasteiger partial charge in [0.25, 0.3) is 0 Å². The van der Waals surface area contributed by atoms with Crippen molar-refractivity contribution in [3.63, 3.8) is 0 Å². The molecule has 0 unspecified atom stereocenters. The molecule has 1 rings (SSSR count). The fraction of sp³-hybridized carbons (Fsp3) is 0.875. The molecule has 0 atom stereocenters. The Morgan fingerprint density at radius 1 is 1.58 bits per heavy atom. The molecular formula is C8H17N3O. The number of hydrogen-bond acceptors (Lipinski definition) is 3. The van der Waals surface area contributed by atoms with Gasteiger partial charge >= 0.3 is 0 Å². The number of nitrogens with one attached hydrogen (secondary N) is 1. The van der Waals surface area contributed by atoms with E-state index in [9.17, 15) is 4.79 Å². The fourth-order valence-corrected chi connectivity index (χ4v) is 1.75. The lowest BCUT2D eigenvalue weighted by Crippen LogP contribution is -2.74. The van der Waals surface area contributed by atoms with Crippen LogP contribution in [0.4, 0.5) is 0 Å². The number of nitrogens with zero attached hydrogens (tertiary/aromatic N) is 1. The van der Waals surface area contributed by atoms with Crippen molar-refractivity contribution in [2.45, 2.75) is 25.4 Å². The third-order valence-electron chi connectivity index (χ3n) is 2.12. The average molecular weight is 171 g/mol. The quantitative estimate of drug-likeness (QED) is 0.582. The number of likely N-dealkylation sites (N-methyl/N-ethyl adjacent to an activating group) is 1. The first kappa shape index (κ1) is 9.48. The smallest absolute Gasteiger partial charge is 0.240 e. The van der Waals surface area contributed by atoms with Crippen LogP contribution in [0.2, 0.25) is 0 Å². The zero-order chi connectivity index (χ0) is 9.35. The van der Waals surface area contributed by atoms with Gasteiger partial charge in [-0.1, -0.05) is 0 Å². The minimum absolute atomic E-state index is 0.241. The van der Waals surface area contributed by atoms with Gasteiger partial charge in [-0.3, -0.25) is 10.1 Å². The Morgan fingerprint density at radius 2 is 2.08 bits per heavy atom.